The van der Waals surface area contributed by atoms with Crippen LogP contribution in [0.1, 0.15) is 0 Å². The molecule has 9 heteroatoms. The Bertz CT molecular complexity index is 826. The van der Waals surface area contributed by atoms with Crippen LogP contribution in [-0.2, 0) is 4.79 Å². The predicted molar refractivity (Wildman–Crippen MR) is 110 cm³/mol. The first kappa shape index (κ1) is 20.0. The number of benzene rings is 1. The van der Waals surface area contributed by atoms with Gasteiger partial charge in [0.2, 0.25) is 5.91 Å². The molecule has 1 aliphatic rings. The largest absolute Gasteiger partial charge is 0.495 e. The number of aromatic nitrogens is 1. The number of carbonyl (C=O) groups is 1. The van der Waals surface area contributed by atoms with Crippen LogP contribution in [0.5, 0.6) is 5.75 Å². The lowest BCUT2D eigenvalue weighted by Crippen LogP contribution is -2.49. The Morgan fingerprint density at radius 2 is 1.89 bits per heavy atom. The quantitative estimate of drug-likeness (QED) is 0.783. The zero-order valence-corrected chi connectivity index (χ0v) is 17.0. The number of hydrogen-bond acceptors (Lipinski definition) is 5. The Balaban J connectivity index is 1.54. The second-order valence-electron chi connectivity index (χ2n) is 6.11. The molecule has 0 atom stereocenters. The second-order valence-corrected chi connectivity index (χ2v) is 7.40. The van der Waals surface area contributed by atoms with Gasteiger partial charge in [-0.1, -0.05) is 34.8 Å². The van der Waals surface area contributed by atoms with E-state index in [2.05, 4.69) is 20.1 Å². The van der Waals surface area contributed by atoms with Crippen LogP contribution in [0.25, 0.3) is 0 Å². The topological polar surface area (TPSA) is 57.7 Å². The van der Waals surface area contributed by atoms with Gasteiger partial charge in [0.1, 0.15) is 11.6 Å². The number of carbonyl (C=O) groups excluding carboxylic acids is 1. The fourth-order valence-electron chi connectivity index (χ4n) is 2.93. The summed E-state index contributed by atoms with van der Waals surface area (Å²) in [4.78, 5) is 20.9. The van der Waals surface area contributed by atoms with Crippen LogP contribution in [-0.4, -0.2) is 55.6 Å². The van der Waals surface area contributed by atoms with Crippen LogP contribution >= 0.6 is 34.8 Å². The highest BCUT2D eigenvalue weighted by molar-refractivity contribution is 6.36. The monoisotopic (exact) mass is 428 g/mol. The molecule has 1 fully saturated rings. The SMILES string of the molecule is COc1ccc(Cl)cc1NC(=O)CN1CCN(c2ncc(Cl)cc2Cl)CC1. The number of amides is 1. The van der Waals surface area contributed by atoms with Crippen molar-refractivity contribution in [2.75, 3.05) is 50.1 Å². The third-order valence-electron chi connectivity index (χ3n) is 4.26. The van der Waals surface area contributed by atoms with Crippen molar-refractivity contribution in [2.45, 2.75) is 0 Å². The van der Waals surface area contributed by atoms with Gasteiger partial charge in [-0.2, -0.15) is 0 Å². The first-order chi connectivity index (χ1) is 13.0. The summed E-state index contributed by atoms with van der Waals surface area (Å²) in [5, 5.41) is 4.43. The number of nitrogens with zero attached hydrogens (tertiary/aromatic N) is 3. The van der Waals surface area contributed by atoms with E-state index in [9.17, 15) is 4.79 Å². The summed E-state index contributed by atoms with van der Waals surface area (Å²) < 4.78 is 5.25. The summed E-state index contributed by atoms with van der Waals surface area (Å²) in [6.45, 7) is 3.18. The van der Waals surface area contributed by atoms with Crippen LogP contribution < -0.4 is 15.0 Å². The minimum absolute atomic E-state index is 0.119. The fraction of sp³-hybridized carbons (Fsp3) is 0.333. The van der Waals surface area contributed by atoms with Crippen LogP contribution in [0.15, 0.2) is 30.5 Å². The third kappa shape index (κ3) is 5.17. The molecule has 1 amide bonds. The maximum atomic E-state index is 12.4. The Labute approximate surface area is 173 Å². The Morgan fingerprint density at radius 3 is 2.56 bits per heavy atom. The zero-order chi connectivity index (χ0) is 19.4. The van der Waals surface area contributed by atoms with Gasteiger partial charge in [0, 0.05) is 37.4 Å². The van der Waals surface area contributed by atoms with Crippen LogP contribution in [0.2, 0.25) is 15.1 Å². The van der Waals surface area contributed by atoms with Gasteiger partial charge in [-0.05, 0) is 24.3 Å². The van der Waals surface area contributed by atoms with Crippen LogP contribution in [0.4, 0.5) is 11.5 Å². The molecule has 3 rings (SSSR count). The van der Waals surface area contributed by atoms with Gasteiger partial charge >= 0.3 is 0 Å². The van der Waals surface area contributed by atoms with Crippen molar-refractivity contribution in [3.63, 3.8) is 0 Å². The van der Waals surface area contributed by atoms with Gasteiger partial charge in [-0.15, -0.1) is 0 Å². The number of pyridine rings is 1. The minimum atomic E-state index is -0.119. The molecule has 6 nitrogen and oxygen atoms in total. The Kier molecular flexibility index (Phi) is 6.65. The summed E-state index contributed by atoms with van der Waals surface area (Å²) in [7, 11) is 1.55. The molecule has 1 aromatic carbocycles. The van der Waals surface area contributed by atoms with Gasteiger partial charge in [0.05, 0.1) is 29.4 Å². The number of rotatable bonds is 5. The van der Waals surface area contributed by atoms with Crippen molar-refractivity contribution >= 4 is 52.2 Å². The normalized spacial score (nSPS) is 14.9. The van der Waals surface area contributed by atoms with Gasteiger partial charge in [0.15, 0.2) is 0 Å². The van der Waals surface area contributed by atoms with Crippen molar-refractivity contribution in [3.8, 4) is 5.75 Å². The average molecular weight is 430 g/mol. The van der Waals surface area contributed by atoms with E-state index in [0.717, 1.165) is 26.2 Å². The molecule has 0 radical (unpaired) electrons. The zero-order valence-electron chi connectivity index (χ0n) is 14.7. The molecule has 0 bridgehead atoms. The van der Waals surface area contributed by atoms with Gasteiger partial charge < -0.3 is 15.0 Å². The molecule has 0 spiro atoms. The number of methoxy groups -OCH3 is 1. The number of halogens is 3. The first-order valence-corrected chi connectivity index (χ1v) is 9.51. The lowest BCUT2D eigenvalue weighted by molar-refractivity contribution is -0.117. The molecule has 1 aliphatic heterocycles. The van der Waals surface area contributed by atoms with Crippen molar-refractivity contribution in [2.24, 2.45) is 0 Å². The summed E-state index contributed by atoms with van der Waals surface area (Å²) in [5.41, 5.74) is 0.561. The summed E-state index contributed by atoms with van der Waals surface area (Å²) in [5.74, 6) is 1.17. The summed E-state index contributed by atoms with van der Waals surface area (Å²) in [6, 6.07) is 6.79. The Hall–Kier alpha value is -1.73. The highest BCUT2D eigenvalue weighted by atomic mass is 35.5. The number of hydrogen-bond donors (Lipinski definition) is 1. The summed E-state index contributed by atoms with van der Waals surface area (Å²) in [6.07, 6.45) is 1.58. The number of nitrogens with one attached hydrogen (secondary N) is 1. The molecule has 27 heavy (non-hydrogen) atoms. The highest BCUT2D eigenvalue weighted by Gasteiger charge is 2.22. The van der Waals surface area contributed by atoms with E-state index in [0.29, 0.717) is 32.3 Å². The number of ether oxygens (including phenoxy) is 1. The van der Waals surface area contributed by atoms with E-state index in [1.54, 1.807) is 37.6 Å². The van der Waals surface area contributed by atoms with Crippen molar-refractivity contribution in [1.29, 1.82) is 0 Å². The van der Waals surface area contributed by atoms with Crippen molar-refractivity contribution in [1.82, 2.24) is 9.88 Å². The molecular formula is C18H19Cl3N4O2. The molecule has 0 aliphatic carbocycles. The molecule has 144 valence electrons. The average Bonchev–Trinajstić information content (AvgIpc) is 2.63. The standard InChI is InChI=1S/C18H19Cl3N4O2/c1-27-16-3-2-12(19)9-15(16)23-17(26)11-24-4-6-25(7-5-24)18-14(21)8-13(20)10-22-18/h2-3,8-10H,4-7,11H2,1H3,(H,23,26). The van der Waals surface area contributed by atoms with E-state index in [4.69, 9.17) is 39.5 Å². The second kappa shape index (κ2) is 8.97. The van der Waals surface area contributed by atoms with Crippen LogP contribution in [0.3, 0.4) is 0 Å². The molecule has 2 aromatic rings. The van der Waals surface area contributed by atoms with Crippen molar-refractivity contribution in [3.05, 3.63) is 45.5 Å². The van der Waals surface area contributed by atoms with Gasteiger partial charge in [-0.25, -0.2) is 4.98 Å². The number of piperazine rings is 1. The number of anilines is 2. The van der Waals surface area contributed by atoms with E-state index in [-0.39, 0.29) is 12.5 Å². The van der Waals surface area contributed by atoms with Gasteiger partial charge in [-0.3, -0.25) is 9.69 Å². The smallest absolute Gasteiger partial charge is 0.238 e. The molecule has 0 unspecified atom stereocenters. The maximum Gasteiger partial charge on any atom is 0.238 e. The predicted octanol–water partition coefficient (Wildman–Crippen LogP) is 3.81. The van der Waals surface area contributed by atoms with Crippen LogP contribution in [0, 0.1) is 0 Å². The molecule has 0 saturated carbocycles. The van der Waals surface area contributed by atoms with Gasteiger partial charge in [0.25, 0.3) is 0 Å². The molecule has 2 heterocycles. The van der Waals surface area contributed by atoms with E-state index in [1.807, 2.05) is 0 Å². The first-order valence-electron chi connectivity index (χ1n) is 8.38. The third-order valence-corrected chi connectivity index (χ3v) is 4.98. The molecule has 1 N–H and O–H groups in total. The highest BCUT2D eigenvalue weighted by Crippen LogP contribution is 2.28. The summed E-state index contributed by atoms with van der Waals surface area (Å²) >= 11 is 18.1. The lowest BCUT2D eigenvalue weighted by Gasteiger charge is -2.35. The van der Waals surface area contributed by atoms with Crippen molar-refractivity contribution < 1.29 is 9.53 Å². The lowest BCUT2D eigenvalue weighted by atomic mass is 10.2. The minimum Gasteiger partial charge on any atom is -0.495 e. The van der Waals surface area contributed by atoms with E-state index < -0.39 is 0 Å². The Morgan fingerprint density at radius 1 is 1.15 bits per heavy atom. The molecular weight excluding hydrogens is 411 g/mol. The van der Waals surface area contributed by atoms with E-state index in [1.165, 1.54) is 0 Å². The van der Waals surface area contributed by atoms with E-state index >= 15 is 0 Å². The molecule has 1 aromatic heterocycles. The fourth-order valence-corrected chi connectivity index (χ4v) is 3.60. The maximum absolute atomic E-state index is 12.4. The molecule has 1 saturated heterocycles.